The molecule has 0 bridgehead atoms. The van der Waals surface area contributed by atoms with Crippen LogP contribution in [-0.2, 0) is 0 Å². The maximum atomic E-state index is 6.23. The molecule has 2 aromatic rings. The maximum absolute atomic E-state index is 6.23. The fourth-order valence-electron chi connectivity index (χ4n) is 1.56. The fourth-order valence-corrected chi connectivity index (χ4v) is 3.89. The van der Waals surface area contributed by atoms with Gasteiger partial charge in [-0.3, -0.25) is 0 Å². The van der Waals surface area contributed by atoms with E-state index in [0.29, 0.717) is 5.02 Å². The fraction of sp³-hybridized carbons (Fsp3) is 0.167. The van der Waals surface area contributed by atoms with Crippen molar-refractivity contribution in [1.29, 1.82) is 0 Å². The van der Waals surface area contributed by atoms with Gasteiger partial charge in [0.15, 0.2) is 0 Å². The Morgan fingerprint density at radius 3 is 2.56 bits per heavy atom. The minimum atomic E-state index is -0.194. The molecule has 0 saturated heterocycles. The molecule has 1 aromatic heterocycles. The van der Waals surface area contributed by atoms with Crippen LogP contribution in [0.4, 0.5) is 0 Å². The van der Waals surface area contributed by atoms with Crippen molar-refractivity contribution in [3.05, 3.63) is 48.0 Å². The predicted octanol–water partition coefficient (Wildman–Crippen LogP) is 4.98. The number of ether oxygens (including phenoxy) is 1. The van der Waals surface area contributed by atoms with Crippen molar-refractivity contribution in [2.75, 3.05) is 7.11 Å². The summed E-state index contributed by atoms with van der Waals surface area (Å²) in [4.78, 5) is 1.02. The highest BCUT2D eigenvalue weighted by atomic mass is 79.9. The summed E-state index contributed by atoms with van der Waals surface area (Å²) < 4.78 is 6.99. The Balaban J connectivity index is 2.33. The Morgan fingerprint density at radius 2 is 2.06 bits per heavy atom. The molecule has 1 heterocycles. The molecule has 0 aliphatic heterocycles. The highest BCUT2D eigenvalue weighted by molar-refractivity contribution is 9.11. The van der Waals surface area contributed by atoms with Crippen LogP contribution in [-0.4, -0.2) is 7.11 Å². The summed E-state index contributed by atoms with van der Waals surface area (Å²) in [6.07, 6.45) is 0. The molecule has 0 spiro atoms. The minimum Gasteiger partial charge on any atom is -0.496 e. The monoisotopic (exact) mass is 409 g/mol. The normalized spacial score (nSPS) is 12.5. The minimum absolute atomic E-state index is 0.194. The van der Waals surface area contributed by atoms with Gasteiger partial charge in [0.1, 0.15) is 5.75 Å². The summed E-state index contributed by atoms with van der Waals surface area (Å²) in [6.45, 7) is 0. The van der Waals surface area contributed by atoms with Crippen molar-refractivity contribution in [2.24, 2.45) is 5.73 Å². The van der Waals surface area contributed by atoms with E-state index in [9.17, 15) is 0 Å². The zero-order valence-electron chi connectivity index (χ0n) is 9.41. The average molecular weight is 412 g/mol. The SMILES string of the molecule is COc1ccc(C(N)c2cc(Cl)c(Br)s2)cc1Br. The van der Waals surface area contributed by atoms with Crippen LogP contribution in [0.3, 0.4) is 0 Å². The first-order valence-electron chi connectivity index (χ1n) is 5.06. The molecule has 0 radical (unpaired) electrons. The van der Waals surface area contributed by atoms with Crippen LogP contribution in [0.25, 0.3) is 0 Å². The predicted molar refractivity (Wildman–Crippen MR) is 83.8 cm³/mol. The van der Waals surface area contributed by atoms with Crippen molar-refractivity contribution >= 4 is 54.8 Å². The molecule has 1 unspecified atom stereocenters. The van der Waals surface area contributed by atoms with Crippen LogP contribution in [0, 0.1) is 0 Å². The van der Waals surface area contributed by atoms with E-state index in [1.165, 1.54) is 0 Å². The first-order valence-corrected chi connectivity index (χ1v) is 7.84. The Labute approximate surface area is 131 Å². The standard InChI is InChI=1S/C12H10Br2ClNOS/c1-17-9-3-2-6(4-7(9)13)11(16)10-5-8(15)12(14)18-10/h2-5,11H,16H2,1H3. The molecule has 1 atom stereocenters. The van der Waals surface area contributed by atoms with Crippen LogP contribution in [0.2, 0.25) is 5.02 Å². The molecule has 18 heavy (non-hydrogen) atoms. The van der Waals surface area contributed by atoms with Gasteiger partial charge in [-0.25, -0.2) is 0 Å². The van der Waals surface area contributed by atoms with Gasteiger partial charge in [-0.1, -0.05) is 17.7 Å². The van der Waals surface area contributed by atoms with E-state index in [1.54, 1.807) is 18.4 Å². The van der Waals surface area contributed by atoms with E-state index in [1.807, 2.05) is 24.3 Å². The van der Waals surface area contributed by atoms with Gasteiger partial charge >= 0.3 is 0 Å². The molecule has 96 valence electrons. The molecule has 2 N–H and O–H groups in total. The lowest BCUT2D eigenvalue weighted by Crippen LogP contribution is -2.10. The lowest BCUT2D eigenvalue weighted by atomic mass is 10.1. The van der Waals surface area contributed by atoms with Crippen molar-refractivity contribution in [3.63, 3.8) is 0 Å². The third kappa shape index (κ3) is 2.91. The molecule has 0 saturated carbocycles. The largest absolute Gasteiger partial charge is 0.496 e. The Kier molecular flexibility index (Phi) is 4.72. The van der Waals surface area contributed by atoms with Crippen LogP contribution >= 0.6 is 54.8 Å². The third-order valence-corrected chi connectivity index (χ3v) is 5.68. The van der Waals surface area contributed by atoms with E-state index in [2.05, 4.69) is 31.9 Å². The van der Waals surface area contributed by atoms with Crippen molar-refractivity contribution in [2.45, 2.75) is 6.04 Å². The second-order valence-electron chi connectivity index (χ2n) is 3.64. The lowest BCUT2D eigenvalue weighted by Gasteiger charge is -2.12. The van der Waals surface area contributed by atoms with E-state index >= 15 is 0 Å². The summed E-state index contributed by atoms with van der Waals surface area (Å²) in [7, 11) is 1.63. The topological polar surface area (TPSA) is 35.2 Å². The Hall–Kier alpha value is -0.0700. The van der Waals surface area contributed by atoms with Crippen molar-refractivity contribution in [3.8, 4) is 5.75 Å². The quantitative estimate of drug-likeness (QED) is 0.773. The Morgan fingerprint density at radius 1 is 1.33 bits per heavy atom. The molecule has 0 amide bonds. The third-order valence-electron chi connectivity index (χ3n) is 2.51. The molecule has 2 nitrogen and oxygen atoms in total. The van der Waals surface area contributed by atoms with E-state index in [0.717, 1.165) is 24.4 Å². The summed E-state index contributed by atoms with van der Waals surface area (Å²) in [6, 6.07) is 7.50. The molecule has 0 aliphatic rings. The highest BCUT2D eigenvalue weighted by Gasteiger charge is 2.15. The molecule has 2 rings (SSSR count). The van der Waals surface area contributed by atoms with Crippen LogP contribution < -0.4 is 10.5 Å². The number of nitrogens with two attached hydrogens (primary N) is 1. The molecular weight excluding hydrogens is 401 g/mol. The number of methoxy groups -OCH3 is 1. The summed E-state index contributed by atoms with van der Waals surface area (Å²) >= 11 is 14.4. The van der Waals surface area contributed by atoms with Gasteiger partial charge in [0.05, 0.1) is 26.4 Å². The van der Waals surface area contributed by atoms with Gasteiger partial charge in [0, 0.05) is 4.88 Å². The molecule has 0 fully saturated rings. The zero-order chi connectivity index (χ0) is 13.3. The molecule has 1 aromatic carbocycles. The number of halogens is 3. The van der Waals surface area contributed by atoms with Crippen molar-refractivity contribution < 1.29 is 4.74 Å². The lowest BCUT2D eigenvalue weighted by molar-refractivity contribution is 0.412. The van der Waals surface area contributed by atoms with E-state index in [-0.39, 0.29) is 6.04 Å². The van der Waals surface area contributed by atoms with Gasteiger partial charge in [-0.2, -0.15) is 0 Å². The Bertz CT molecular complexity index is 554. The van der Waals surface area contributed by atoms with Gasteiger partial charge in [0.2, 0.25) is 0 Å². The number of thiophene rings is 1. The number of hydrogen-bond acceptors (Lipinski definition) is 3. The van der Waals surface area contributed by atoms with Crippen LogP contribution in [0.15, 0.2) is 32.5 Å². The summed E-state index contributed by atoms with van der Waals surface area (Å²) in [5, 5.41) is 0.693. The van der Waals surface area contributed by atoms with Gasteiger partial charge in [0.25, 0.3) is 0 Å². The number of rotatable bonds is 3. The van der Waals surface area contributed by atoms with Crippen molar-refractivity contribution in [1.82, 2.24) is 0 Å². The highest BCUT2D eigenvalue weighted by Crippen LogP contribution is 2.37. The molecule has 6 heteroatoms. The van der Waals surface area contributed by atoms with E-state index < -0.39 is 0 Å². The van der Waals surface area contributed by atoms with Crippen LogP contribution in [0.1, 0.15) is 16.5 Å². The van der Waals surface area contributed by atoms with Gasteiger partial charge in [-0.15, -0.1) is 11.3 Å². The summed E-state index contributed by atoms with van der Waals surface area (Å²) in [5.41, 5.74) is 7.24. The first kappa shape index (κ1) is 14.3. The average Bonchev–Trinajstić information content (AvgIpc) is 2.68. The second kappa shape index (κ2) is 5.92. The number of benzene rings is 1. The van der Waals surface area contributed by atoms with Gasteiger partial charge < -0.3 is 10.5 Å². The zero-order valence-corrected chi connectivity index (χ0v) is 14.2. The first-order chi connectivity index (χ1) is 8.52. The molecule has 0 aliphatic carbocycles. The number of hydrogen-bond donors (Lipinski definition) is 1. The summed E-state index contributed by atoms with van der Waals surface area (Å²) in [5.74, 6) is 0.788. The van der Waals surface area contributed by atoms with Gasteiger partial charge in [-0.05, 0) is 55.6 Å². The van der Waals surface area contributed by atoms with Crippen LogP contribution in [0.5, 0.6) is 5.75 Å². The molecular formula is C12H10Br2ClNOS. The smallest absolute Gasteiger partial charge is 0.133 e. The second-order valence-corrected chi connectivity index (χ2v) is 7.31. The van der Waals surface area contributed by atoms with E-state index in [4.69, 9.17) is 22.1 Å². The maximum Gasteiger partial charge on any atom is 0.133 e.